The van der Waals surface area contributed by atoms with E-state index in [0.717, 1.165) is 0 Å². The summed E-state index contributed by atoms with van der Waals surface area (Å²) >= 11 is 0. The van der Waals surface area contributed by atoms with Gasteiger partial charge in [0, 0.05) is 4.57 Å². The predicted octanol–water partition coefficient (Wildman–Crippen LogP) is 3.11. The van der Waals surface area contributed by atoms with Gasteiger partial charge < -0.3 is 0 Å². The minimum atomic E-state index is -3.61. The average molecular weight is 297 g/mol. The van der Waals surface area contributed by atoms with E-state index in [1.165, 1.54) is 0 Å². The summed E-state index contributed by atoms with van der Waals surface area (Å²) in [4.78, 5) is 8.40. The first-order valence-corrected chi connectivity index (χ1v) is 8.17. The third kappa shape index (κ3) is 9.58. The molecule has 0 aliphatic carbocycles. The highest BCUT2D eigenvalue weighted by Crippen LogP contribution is 2.47. The van der Waals surface area contributed by atoms with Gasteiger partial charge in [0.2, 0.25) is 0 Å². The second-order valence-corrected chi connectivity index (χ2v) is 6.81. The fourth-order valence-corrected chi connectivity index (χ4v) is 2.26. The first-order chi connectivity index (χ1) is 8.25. The molecule has 0 bridgehead atoms. The van der Waals surface area contributed by atoms with E-state index in [9.17, 15) is 9.13 Å². The Morgan fingerprint density at radius 1 is 1.17 bits per heavy atom. The van der Waals surface area contributed by atoms with Crippen molar-refractivity contribution >= 4 is 15.9 Å². The Morgan fingerprint density at radius 2 is 1.61 bits per heavy atom. The minimum absolute atomic E-state index is 0.165. The molecule has 0 spiro atoms. The van der Waals surface area contributed by atoms with E-state index in [-0.39, 0.29) is 25.0 Å². The van der Waals surface area contributed by atoms with E-state index >= 15 is 0 Å². The van der Waals surface area contributed by atoms with Gasteiger partial charge in [0.05, 0.1) is 18.9 Å². The Hall–Kier alpha value is -0.430. The summed E-state index contributed by atoms with van der Waals surface area (Å²) in [6, 6.07) is 0. The van der Waals surface area contributed by atoms with Gasteiger partial charge in [-0.15, -0.1) is 4.89 Å². The second kappa shape index (κ2) is 8.63. The van der Waals surface area contributed by atoms with Gasteiger partial charge in [-0.2, -0.15) is 4.52 Å². The van der Waals surface area contributed by atoms with Crippen LogP contribution in [0.15, 0.2) is 0 Å². The molecule has 0 aliphatic heterocycles. The van der Waals surface area contributed by atoms with E-state index in [2.05, 4.69) is 10.2 Å². The average Bonchev–Trinajstić information content (AvgIpc) is 2.23. The maximum absolute atomic E-state index is 12.1. The van der Waals surface area contributed by atoms with Crippen LogP contribution in [-0.4, -0.2) is 18.1 Å². The molecule has 0 rings (SSSR count). The Kier molecular flexibility index (Phi) is 8.43. The molecule has 104 valence electrons. The Morgan fingerprint density at radius 3 is 1.94 bits per heavy atom. The molecule has 0 aromatic carbocycles. The molecule has 1 unspecified atom stereocenters. The smallest absolute Gasteiger partial charge is 0.299 e. The van der Waals surface area contributed by atoms with Crippen LogP contribution in [-0.2, 0) is 22.7 Å². The van der Waals surface area contributed by atoms with Gasteiger partial charge >= 0.3 is 15.9 Å². The highest BCUT2D eigenvalue weighted by molar-refractivity contribution is 7.59. The maximum atomic E-state index is 12.1. The van der Waals surface area contributed by atoms with Gasteiger partial charge in [-0.1, -0.05) is 27.7 Å². The lowest BCUT2D eigenvalue weighted by atomic mass is 10.2. The van der Waals surface area contributed by atoms with Crippen molar-refractivity contribution in [2.45, 2.75) is 27.7 Å². The monoisotopic (exact) mass is 297 g/mol. The summed E-state index contributed by atoms with van der Waals surface area (Å²) in [6.45, 7) is 8.00. The molecule has 0 radical (unpaired) electrons. The summed E-state index contributed by atoms with van der Waals surface area (Å²) in [5.74, 6) is 0.330. The molecule has 0 saturated heterocycles. The molecular weight excluding hydrogens is 278 g/mol. The molecule has 8 heteroatoms. The van der Waals surface area contributed by atoms with Crippen LogP contribution in [0.2, 0.25) is 0 Å². The molecule has 0 amide bonds. The molecule has 6 nitrogen and oxygen atoms in total. The van der Waals surface area contributed by atoms with Crippen molar-refractivity contribution in [3.8, 4) is 11.8 Å². The lowest BCUT2D eigenvalue weighted by molar-refractivity contribution is 0.181. The number of hydrogen-bond acceptors (Lipinski definition) is 5. The maximum Gasteiger partial charge on any atom is 0.756 e. The molecule has 0 saturated carbocycles. The van der Waals surface area contributed by atoms with Crippen molar-refractivity contribution in [2.75, 3.05) is 13.2 Å². The van der Waals surface area contributed by atoms with Crippen LogP contribution in [0.5, 0.6) is 0 Å². The van der Waals surface area contributed by atoms with Crippen molar-refractivity contribution < 1.29 is 27.6 Å². The van der Waals surface area contributed by atoms with Crippen LogP contribution in [0.25, 0.3) is 0 Å². The second-order valence-electron chi connectivity index (χ2n) is 4.42. The van der Waals surface area contributed by atoms with Crippen molar-refractivity contribution in [1.29, 1.82) is 0 Å². The van der Waals surface area contributed by atoms with Crippen LogP contribution in [0.3, 0.4) is 0 Å². The van der Waals surface area contributed by atoms with Gasteiger partial charge in [-0.25, -0.2) is 4.57 Å². The SMILES string of the molecule is CC(C)COP(=O)(C#CO[P+](=O)O)OCC(C)C. The molecule has 0 aliphatic rings. The summed E-state index contributed by atoms with van der Waals surface area (Å²) in [5.41, 5.74) is 2.13. The molecule has 0 aromatic heterocycles. The zero-order valence-corrected chi connectivity index (χ0v) is 12.7. The molecule has 0 fully saturated rings. The van der Waals surface area contributed by atoms with Crippen LogP contribution in [0.1, 0.15) is 27.7 Å². The largest absolute Gasteiger partial charge is 0.756 e. The molecular formula is C10H19O6P2+. The van der Waals surface area contributed by atoms with Gasteiger partial charge in [-0.3, -0.25) is 9.05 Å². The number of rotatable bonds is 7. The highest BCUT2D eigenvalue weighted by atomic mass is 31.2. The zero-order valence-electron chi connectivity index (χ0n) is 11.0. The summed E-state index contributed by atoms with van der Waals surface area (Å²) in [5, 5.41) is 0. The van der Waals surface area contributed by atoms with Gasteiger partial charge in [0.15, 0.2) is 6.11 Å². The molecule has 0 heterocycles. The van der Waals surface area contributed by atoms with Crippen molar-refractivity contribution in [3.63, 3.8) is 0 Å². The predicted molar refractivity (Wildman–Crippen MR) is 67.9 cm³/mol. The fraction of sp³-hybridized carbons (Fsp3) is 0.800. The van der Waals surface area contributed by atoms with Crippen molar-refractivity contribution in [3.05, 3.63) is 0 Å². The quantitative estimate of drug-likeness (QED) is 0.574. The van der Waals surface area contributed by atoms with Crippen LogP contribution in [0, 0.1) is 23.6 Å². The summed E-state index contributed by atoms with van der Waals surface area (Å²) < 4.78 is 36.8. The van der Waals surface area contributed by atoms with Crippen LogP contribution in [0.4, 0.5) is 0 Å². The van der Waals surface area contributed by atoms with E-state index < -0.39 is 15.9 Å². The molecule has 1 atom stereocenters. The lowest BCUT2D eigenvalue weighted by Crippen LogP contribution is -2.05. The third-order valence-electron chi connectivity index (χ3n) is 1.46. The lowest BCUT2D eigenvalue weighted by Gasteiger charge is -2.15. The van der Waals surface area contributed by atoms with E-state index in [1.54, 1.807) is 0 Å². The molecule has 1 N–H and O–H groups in total. The highest BCUT2D eigenvalue weighted by Gasteiger charge is 2.24. The fourth-order valence-electron chi connectivity index (χ4n) is 0.712. The van der Waals surface area contributed by atoms with Gasteiger partial charge in [-0.05, 0) is 11.8 Å². The first-order valence-electron chi connectivity index (χ1n) is 5.49. The first kappa shape index (κ1) is 17.6. The number of hydrogen-bond donors (Lipinski definition) is 1. The van der Waals surface area contributed by atoms with E-state index in [1.807, 2.05) is 33.8 Å². The Labute approximate surface area is 108 Å². The van der Waals surface area contributed by atoms with E-state index in [0.29, 0.717) is 0 Å². The minimum Gasteiger partial charge on any atom is -0.299 e. The van der Waals surface area contributed by atoms with Gasteiger partial charge in [0.25, 0.3) is 0 Å². The third-order valence-corrected chi connectivity index (χ3v) is 3.05. The molecule has 18 heavy (non-hydrogen) atoms. The summed E-state index contributed by atoms with van der Waals surface area (Å²) in [6.07, 6.45) is 1.88. The summed E-state index contributed by atoms with van der Waals surface area (Å²) in [7, 11) is -6.46. The van der Waals surface area contributed by atoms with Crippen LogP contribution >= 0.6 is 15.9 Å². The Balaban J connectivity index is 4.61. The van der Waals surface area contributed by atoms with Crippen molar-refractivity contribution in [2.24, 2.45) is 11.8 Å². The zero-order chi connectivity index (χ0) is 14.2. The standard InChI is InChI=1S/C10H18O6P2/c1-9(2)7-15-18(13,16-8-10(3)4)6-5-14-17(11)12/h9-10H,7-8H2,1-4H3/p+1. The van der Waals surface area contributed by atoms with Crippen molar-refractivity contribution in [1.82, 2.24) is 0 Å². The van der Waals surface area contributed by atoms with E-state index in [4.69, 9.17) is 13.9 Å². The van der Waals surface area contributed by atoms with Crippen LogP contribution < -0.4 is 0 Å². The normalized spacial score (nSPS) is 12.3. The molecule has 0 aromatic rings. The topological polar surface area (TPSA) is 82.1 Å². The Bertz CT molecular complexity index is 352. The van der Waals surface area contributed by atoms with Gasteiger partial charge in [0.1, 0.15) is 0 Å².